The SMILES string of the molecule is CCCCC/C=C/CCCCCCCC(=O)OC[C@@H](COP(=O)([O-])OCC[N+](C)(C)C)OC(=O)CCCCCCCCCC. The van der Waals surface area contributed by atoms with Gasteiger partial charge in [-0.1, -0.05) is 103 Å². The van der Waals surface area contributed by atoms with Gasteiger partial charge in [-0.3, -0.25) is 14.2 Å². The first-order valence-corrected chi connectivity index (χ1v) is 18.9. The number of unbranched alkanes of at least 4 members (excludes halogenated alkanes) is 15. The standard InChI is InChI=1S/C34H66NO8P/c1-6-8-10-12-14-16-17-18-19-21-22-24-26-33(36)40-30-32(31-42-44(38,39)41-29-28-35(3,4)5)43-34(37)27-25-23-20-15-13-11-9-7-2/h14,16,32H,6-13,15,17-31H2,1-5H3/b16-14+/t32-/m0/s1. The molecule has 1 unspecified atom stereocenters. The molecule has 0 saturated heterocycles. The largest absolute Gasteiger partial charge is 0.756 e. The van der Waals surface area contributed by atoms with Crippen molar-refractivity contribution in [1.82, 2.24) is 0 Å². The van der Waals surface area contributed by atoms with Crippen LogP contribution >= 0.6 is 7.82 Å². The van der Waals surface area contributed by atoms with Crippen LogP contribution in [-0.4, -0.2) is 70.0 Å². The fourth-order valence-corrected chi connectivity index (χ4v) is 5.20. The minimum Gasteiger partial charge on any atom is -0.756 e. The predicted octanol–water partition coefficient (Wildman–Crippen LogP) is 8.05. The first kappa shape index (κ1) is 42.8. The van der Waals surface area contributed by atoms with Crippen molar-refractivity contribution in [3.8, 4) is 0 Å². The number of likely N-dealkylation sites (N-methyl/N-ethyl adjacent to an activating group) is 1. The van der Waals surface area contributed by atoms with E-state index in [9.17, 15) is 19.0 Å². The summed E-state index contributed by atoms with van der Waals surface area (Å²) in [5.41, 5.74) is 0. The lowest BCUT2D eigenvalue weighted by molar-refractivity contribution is -0.870. The smallest absolute Gasteiger partial charge is 0.306 e. The van der Waals surface area contributed by atoms with Gasteiger partial charge in [-0.25, -0.2) is 0 Å². The summed E-state index contributed by atoms with van der Waals surface area (Å²) in [6.07, 6.45) is 23.9. The number of ether oxygens (including phenoxy) is 2. The topological polar surface area (TPSA) is 111 Å². The Kier molecular flexibility index (Phi) is 27.2. The molecule has 44 heavy (non-hydrogen) atoms. The number of hydrogen-bond acceptors (Lipinski definition) is 8. The molecule has 10 heteroatoms. The number of phosphoric ester groups is 1. The summed E-state index contributed by atoms with van der Waals surface area (Å²) in [6.45, 7) is 4.13. The van der Waals surface area contributed by atoms with E-state index in [0.29, 0.717) is 17.4 Å². The van der Waals surface area contributed by atoms with Crippen LogP contribution < -0.4 is 4.89 Å². The van der Waals surface area contributed by atoms with Gasteiger partial charge in [-0.15, -0.1) is 0 Å². The van der Waals surface area contributed by atoms with Gasteiger partial charge in [0.2, 0.25) is 0 Å². The maximum Gasteiger partial charge on any atom is 0.306 e. The van der Waals surface area contributed by atoms with Gasteiger partial charge in [0.15, 0.2) is 6.10 Å². The molecule has 0 N–H and O–H groups in total. The molecule has 0 amide bonds. The van der Waals surface area contributed by atoms with E-state index in [1.165, 1.54) is 51.4 Å². The first-order valence-electron chi connectivity index (χ1n) is 17.4. The molecular weight excluding hydrogens is 581 g/mol. The fourth-order valence-electron chi connectivity index (χ4n) is 4.47. The molecular formula is C34H66NO8P. The second-order valence-electron chi connectivity index (χ2n) is 12.9. The number of nitrogens with zero attached hydrogens (tertiary/aromatic N) is 1. The Morgan fingerprint density at radius 3 is 1.73 bits per heavy atom. The molecule has 0 aliphatic heterocycles. The quantitative estimate of drug-likeness (QED) is 0.0244. The zero-order valence-corrected chi connectivity index (χ0v) is 29.8. The van der Waals surface area contributed by atoms with Crippen molar-refractivity contribution in [1.29, 1.82) is 0 Å². The van der Waals surface area contributed by atoms with Gasteiger partial charge in [-0.2, -0.15) is 0 Å². The number of hydrogen-bond donors (Lipinski definition) is 0. The maximum atomic E-state index is 12.5. The van der Waals surface area contributed by atoms with Gasteiger partial charge in [-0.05, 0) is 38.5 Å². The van der Waals surface area contributed by atoms with Crippen molar-refractivity contribution < 1.29 is 42.1 Å². The van der Waals surface area contributed by atoms with Gasteiger partial charge < -0.3 is 27.9 Å². The molecule has 0 spiro atoms. The van der Waals surface area contributed by atoms with Crippen molar-refractivity contribution in [2.75, 3.05) is 47.5 Å². The molecule has 0 fully saturated rings. The Morgan fingerprint density at radius 1 is 0.682 bits per heavy atom. The molecule has 0 aromatic heterocycles. The molecule has 9 nitrogen and oxygen atoms in total. The van der Waals surface area contributed by atoms with Crippen LogP contribution in [0.15, 0.2) is 12.2 Å². The lowest BCUT2D eigenvalue weighted by Gasteiger charge is -2.28. The second-order valence-corrected chi connectivity index (χ2v) is 14.3. The van der Waals surface area contributed by atoms with Gasteiger partial charge >= 0.3 is 11.9 Å². The Balaban J connectivity index is 4.47. The van der Waals surface area contributed by atoms with Crippen molar-refractivity contribution >= 4 is 19.8 Å². The molecule has 0 aromatic rings. The number of phosphoric acid groups is 1. The monoisotopic (exact) mass is 647 g/mol. The minimum absolute atomic E-state index is 0.0299. The molecule has 260 valence electrons. The number of allylic oxidation sites excluding steroid dienone is 2. The molecule has 0 aliphatic carbocycles. The zero-order valence-electron chi connectivity index (χ0n) is 28.9. The van der Waals surface area contributed by atoms with Crippen LogP contribution in [0.1, 0.15) is 142 Å². The van der Waals surface area contributed by atoms with Crippen LogP contribution in [0.4, 0.5) is 0 Å². The van der Waals surface area contributed by atoms with E-state index in [4.69, 9.17) is 18.5 Å². The van der Waals surface area contributed by atoms with E-state index in [-0.39, 0.29) is 26.1 Å². The molecule has 0 aromatic carbocycles. The van der Waals surface area contributed by atoms with Gasteiger partial charge in [0, 0.05) is 12.8 Å². The van der Waals surface area contributed by atoms with Gasteiger partial charge in [0.1, 0.15) is 19.8 Å². The highest BCUT2D eigenvalue weighted by Gasteiger charge is 2.21. The summed E-state index contributed by atoms with van der Waals surface area (Å²) in [6, 6.07) is 0. The molecule has 0 heterocycles. The average Bonchev–Trinajstić information content (AvgIpc) is 2.95. The summed E-state index contributed by atoms with van der Waals surface area (Å²) in [5.74, 6) is -0.850. The van der Waals surface area contributed by atoms with Crippen LogP contribution in [0.25, 0.3) is 0 Å². The Morgan fingerprint density at radius 2 is 1.16 bits per heavy atom. The van der Waals surface area contributed by atoms with Crippen LogP contribution in [0, 0.1) is 0 Å². The summed E-state index contributed by atoms with van der Waals surface area (Å²) in [4.78, 5) is 37.1. The number of carbonyl (C=O) groups excluding carboxylic acids is 2. The van der Waals surface area contributed by atoms with Crippen LogP contribution in [0.2, 0.25) is 0 Å². The second kappa shape index (κ2) is 28.0. The highest BCUT2D eigenvalue weighted by Crippen LogP contribution is 2.38. The summed E-state index contributed by atoms with van der Waals surface area (Å²) in [7, 11) is 1.16. The third kappa shape index (κ3) is 30.8. The van der Waals surface area contributed by atoms with Crippen LogP contribution in [-0.2, 0) is 32.7 Å². The maximum absolute atomic E-state index is 12.5. The van der Waals surface area contributed by atoms with E-state index >= 15 is 0 Å². The Hall–Kier alpha value is -1.25. The lowest BCUT2D eigenvalue weighted by Crippen LogP contribution is -2.37. The van der Waals surface area contributed by atoms with E-state index in [1.807, 2.05) is 21.1 Å². The molecule has 0 rings (SSSR count). The van der Waals surface area contributed by atoms with Crippen molar-refractivity contribution in [2.45, 2.75) is 148 Å². The van der Waals surface area contributed by atoms with Crippen LogP contribution in [0.5, 0.6) is 0 Å². The molecule has 0 bridgehead atoms. The van der Waals surface area contributed by atoms with E-state index in [1.54, 1.807) is 0 Å². The summed E-state index contributed by atoms with van der Waals surface area (Å²) < 4.78 is 33.5. The van der Waals surface area contributed by atoms with E-state index in [0.717, 1.165) is 57.8 Å². The highest BCUT2D eigenvalue weighted by molar-refractivity contribution is 7.45. The predicted molar refractivity (Wildman–Crippen MR) is 176 cm³/mol. The van der Waals surface area contributed by atoms with Gasteiger partial charge in [0.25, 0.3) is 7.82 Å². The summed E-state index contributed by atoms with van der Waals surface area (Å²) in [5, 5.41) is 0. The normalized spacial score (nSPS) is 14.0. The van der Waals surface area contributed by atoms with E-state index in [2.05, 4.69) is 26.0 Å². The Bertz CT molecular complexity index is 784. The number of rotatable bonds is 31. The molecule has 0 saturated carbocycles. The highest BCUT2D eigenvalue weighted by atomic mass is 31.2. The average molecular weight is 648 g/mol. The number of esters is 2. The van der Waals surface area contributed by atoms with Crippen molar-refractivity contribution in [3.05, 3.63) is 12.2 Å². The fraction of sp³-hybridized carbons (Fsp3) is 0.882. The Labute approximate surface area is 269 Å². The van der Waals surface area contributed by atoms with E-state index < -0.39 is 32.5 Å². The molecule has 0 radical (unpaired) electrons. The first-order chi connectivity index (χ1) is 21.0. The zero-order chi connectivity index (χ0) is 32.9. The third-order valence-corrected chi connectivity index (χ3v) is 8.25. The third-order valence-electron chi connectivity index (χ3n) is 7.29. The lowest BCUT2D eigenvalue weighted by atomic mass is 10.1. The van der Waals surface area contributed by atoms with Gasteiger partial charge in [0.05, 0.1) is 27.7 Å². The minimum atomic E-state index is -4.60. The number of carbonyl (C=O) groups is 2. The van der Waals surface area contributed by atoms with Crippen molar-refractivity contribution in [2.24, 2.45) is 0 Å². The van der Waals surface area contributed by atoms with Crippen molar-refractivity contribution in [3.63, 3.8) is 0 Å². The molecule has 2 atom stereocenters. The number of quaternary nitrogens is 1. The summed E-state index contributed by atoms with van der Waals surface area (Å²) >= 11 is 0. The van der Waals surface area contributed by atoms with Crippen LogP contribution in [0.3, 0.4) is 0 Å². The molecule has 0 aliphatic rings.